The van der Waals surface area contributed by atoms with Crippen molar-refractivity contribution in [1.82, 2.24) is 10.2 Å². The van der Waals surface area contributed by atoms with Gasteiger partial charge in [0.1, 0.15) is 0 Å². The van der Waals surface area contributed by atoms with E-state index in [-0.39, 0.29) is 11.1 Å². The van der Waals surface area contributed by atoms with Gasteiger partial charge in [0.15, 0.2) is 0 Å². The Balaban J connectivity index is 2.06. The summed E-state index contributed by atoms with van der Waals surface area (Å²) in [4.78, 5) is 2.66. The Hall–Kier alpha value is -0.0800. The Morgan fingerprint density at radius 3 is 1.85 bits per heavy atom. The van der Waals surface area contributed by atoms with Crippen LogP contribution in [0.15, 0.2) is 0 Å². The van der Waals surface area contributed by atoms with E-state index in [0.717, 1.165) is 6.04 Å². The molecule has 1 heterocycles. The van der Waals surface area contributed by atoms with Crippen LogP contribution in [0.25, 0.3) is 0 Å². The first-order valence-electron chi connectivity index (χ1n) is 5.41. The van der Waals surface area contributed by atoms with Crippen LogP contribution in [0.2, 0.25) is 0 Å². The molecular formula is C11H22N2. The second kappa shape index (κ2) is 2.71. The molecule has 2 rings (SSSR count). The molecule has 2 aliphatic rings. The Morgan fingerprint density at radius 2 is 1.46 bits per heavy atom. The molecule has 0 amide bonds. The zero-order valence-electron chi connectivity index (χ0n) is 9.35. The summed E-state index contributed by atoms with van der Waals surface area (Å²) >= 11 is 0. The smallest absolute Gasteiger partial charge is 0.0257 e. The fourth-order valence-electron chi connectivity index (χ4n) is 2.76. The lowest BCUT2D eigenvalue weighted by molar-refractivity contribution is 0.0724. The second-order valence-electron chi connectivity index (χ2n) is 6.03. The van der Waals surface area contributed by atoms with Crippen LogP contribution < -0.4 is 5.32 Å². The molecule has 13 heavy (non-hydrogen) atoms. The zero-order chi connectivity index (χ0) is 9.69. The van der Waals surface area contributed by atoms with Gasteiger partial charge in [-0.15, -0.1) is 0 Å². The van der Waals surface area contributed by atoms with Gasteiger partial charge in [-0.3, -0.25) is 4.90 Å². The summed E-state index contributed by atoms with van der Waals surface area (Å²) in [6, 6.07) is 0.903. The molecule has 0 atom stereocenters. The molecule has 1 saturated heterocycles. The van der Waals surface area contributed by atoms with Gasteiger partial charge in [0.25, 0.3) is 0 Å². The van der Waals surface area contributed by atoms with Gasteiger partial charge in [-0.25, -0.2) is 0 Å². The van der Waals surface area contributed by atoms with E-state index in [2.05, 4.69) is 37.9 Å². The Labute approximate surface area is 81.7 Å². The van der Waals surface area contributed by atoms with Crippen LogP contribution in [0.3, 0.4) is 0 Å². The van der Waals surface area contributed by atoms with Gasteiger partial charge in [0.05, 0.1) is 0 Å². The lowest BCUT2D eigenvalue weighted by atomic mass is 9.91. The number of hydrogen-bond donors (Lipinski definition) is 1. The van der Waals surface area contributed by atoms with Gasteiger partial charge in [-0.1, -0.05) is 0 Å². The minimum absolute atomic E-state index is 0.282. The lowest BCUT2D eigenvalue weighted by Gasteiger charge is -2.48. The van der Waals surface area contributed by atoms with Crippen molar-refractivity contribution in [1.29, 1.82) is 0 Å². The molecule has 2 heteroatoms. The third kappa shape index (κ3) is 2.23. The summed E-state index contributed by atoms with van der Waals surface area (Å²) in [7, 11) is 0. The van der Waals surface area contributed by atoms with Crippen LogP contribution in [0.1, 0.15) is 40.5 Å². The molecule has 0 spiro atoms. The van der Waals surface area contributed by atoms with Gasteiger partial charge in [-0.2, -0.15) is 0 Å². The van der Waals surface area contributed by atoms with Crippen molar-refractivity contribution in [2.24, 2.45) is 0 Å². The normalized spacial score (nSPS) is 33.2. The lowest BCUT2D eigenvalue weighted by Crippen LogP contribution is -2.67. The van der Waals surface area contributed by atoms with Crippen LogP contribution in [0.4, 0.5) is 0 Å². The van der Waals surface area contributed by atoms with Crippen LogP contribution in [-0.4, -0.2) is 35.1 Å². The summed E-state index contributed by atoms with van der Waals surface area (Å²) < 4.78 is 0. The Morgan fingerprint density at radius 1 is 1.00 bits per heavy atom. The highest BCUT2D eigenvalue weighted by molar-refractivity contribution is 5.01. The number of rotatable bonds is 1. The van der Waals surface area contributed by atoms with E-state index in [1.165, 1.54) is 25.9 Å². The van der Waals surface area contributed by atoms with E-state index in [1.54, 1.807) is 0 Å². The molecule has 0 radical (unpaired) electrons. The van der Waals surface area contributed by atoms with Gasteiger partial charge in [0, 0.05) is 30.2 Å². The topological polar surface area (TPSA) is 15.3 Å². The number of hydrogen-bond acceptors (Lipinski definition) is 2. The Kier molecular flexibility index (Phi) is 1.97. The third-order valence-corrected chi connectivity index (χ3v) is 2.94. The van der Waals surface area contributed by atoms with Crippen molar-refractivity contribution < 1.29 is 0 Å². The highest BCUT2D eigenvalue weighted by Crippen LogP contribution is 2.32. The van der Waals surface area contributed by atoms with Crippen LogP contribution in [0.5, 0.6) is 0 Å². The van der Waals surface area contributed by atoms with Crippen molar-refractivity contribution >= 4 is 0 Å². The summed E-state index contributed by atoms with van der Waals surface area (Å²) in [6.45, 7) is 11.7. The zero-order valence-corrected chi connectivity index (χ0v) is 9.35. The van der Waals surface area contributed by atoms with Crippen molar-refractivity contribution in [2.75, 3.05) is 13.1 Å². The predicted molar refractivity (Wildman–Crippen MR) is 55.9 cm³/mol. The molecular weight excluding hydrogens is 160 g/mol. The monoisotopic (exact) mass is 182 g/mol. The Bertz CT molecular complexity index is 188. The third-order valence-electron chi connectivity index (χ3n) is 2.94. The van der Waals surface area contributed by atoms with Crippen LogP contribution in [0, 0.1) is 0 Å². The largest absolute Gasteiger partial charge is 0.304 e. The number of piperazine rings is 1. The maximum atomic E-state index is 3.70. The van der Waals surface area contributed by atoms with E-state index in [9.17, 15) is 0 Å². The maximum absolute atomic E-state index is 3.70. The van der Waals surface area contributed by atoms with E-state index in [1.807, 2.05) is 0 Å². The molecule has 0 aromatic heterocycles. The fraction of sp³-hybridized carbons (Fsp3) is 1.00. The quantitative estimate of drug-likeness (QED) is 0.663. The second-order valence-corrected chi connectivity index (χ2v) is 6.03. The molecule has 1 saturated carbocycles. The van der Waals surface area contributed by atoms with Crippen molar-refractivity contribution in [2.45, 2.75) is 57.7 Å². The first-order chi connectivity index (χ1) is 5.88. The molecule has 2 nitrogen and oxygen atoms in total. The summed E-state index contributed by atoms with van der Waals surface area (Å²) in [5.74, 6) is 0. The molecule has 1 aliphatic carbocycles. The average Bonchev–Trinajstić information content (AvgIpc) is 2.57. The molecule has 0 bridgehead atoms. The molecule has 2 fully saturated rings. The number of nitrogens with zero attached hydrogens (tertiary/aromatic N) is 1. The van der Waals surface area contributed by atoms with E-state index in [0.29, 0.717) is 0 Å². The molecule has 0 unspecified atom stereocenters. The SMILES string of the molecule is CC1(C)CN(C2CC2)CC(C)(C)N1. The molecule has 0 aromatic carbocycles. The van der Waals surface area contributed by atoms with Crippen LogP contribution >= 0.6 is 0 Å². The fourth-order valence-corrected chi connectivity index (χ4v) is 2.76. The first-order valence-corrected chi connectivity index (χ1v) is 5.41. The minimum Gasteiger partial charge on any atom is -0.304 e. The predicted octanol–water partition coefficient (Wildman–Crippen LogP) is 1.61. The highest BCUT2D eigenvalue weighted by Gasteiger charge is 2.41. The molecule has 0 aromatic rings. The van der Waals surface area contributed by atoms with Crippen molar-refractivity contribution in [3.05, 3.63) is 0 Å². The number of nitrogens with one attached hydrogen (secondary N) is 1. The molecule has 1 N–H and O–H groups in total. The van der Waals surface area contributed by atoms with Crippen molar-refractivity contribution in [3.8, 4) is 0 Å². The van der Waals surface area contributed by atoms with Crippen LogP contribution in [-0.2, 0) is 0 Å². The standard InChI is InChI=1S/C11H22N2/c1-10(2)7-13(9-5-6-9)8-11(3,4)12-10/h9,12H,5-8H2,1-4H3. The van der Waals surface area contributed by atoms with Gasteiger partial charge in [-0.05, 0) is 40.5 Å². The highest BCUT2D eigenvalue weighted by atomic mass is 15.3. The van der Waals surface area contributed by atoms with Gasteiger partial charge in [0.2, 0.25) is 0 Å². The average molecular weight is 182 g/mol. The van der Waals surface area contributed by atoms with Gasteiger partial charge < -0.3 is 5.32 Å². The summed E-state index contributed by atoms with van der Waals surface area (Å²) in [6.07, 6.45) is 2.85. The molecule has 76 valence electrons. The van der Waals surface area contributed by atoms with E-state index < -0.39 is 0 Å². The summed E-state index contributed by atoms with van der Waals surface area (Å²) in [5, 5.41) is 3.70. The van der Waals surface area contributed by atoms with Gasteiger partial charge >= 0.3 is 0 Å². The summed E-state index contributed by atoms with van der Waals surface area (Å²) in [5.41, 5.74) is 0.564. The molecule has 1 aliphatic heterocycles. The van der Waals surface area contributed by atoms with E-state index >= 15 is 0 Å². The van der Waals surface area contributed by atoms with E-state index in [4.69, 9.17) is 0 Å². The maximum Gasteiger partial charge on any atom is 0.0257 e. The first kappa shape index (κ1) is 9.47. The minimum atomic E-state index is 0.282. The van der Waals surface area contributed by atoms with Crippen molar-refractivity contribution in [3.63, 3.8) is 0 Å².